The van der Waals surface area contributed by atoms with Crippen molar-refractivity contribution in [1.29, 1.82) is 0 Å². The number of allylic oxidation sites excluding steroid dienone is 2. The zero-order valence-electron chi connectivity index (χ0n) is 20.2. The van der Waals surface area contributed by atoms with Crippen LogP contribution in [0.25, 0.3) is 11.1 Å². The molecule has 0 atom stereocenters. The molecule has 0 fully saturated rings. The van der Waals surface area contributed by atoms with E-state index in [1.807, 2.05) is 42.5 Å². The van der Waals surface area contributed by atoms with E-state index in [0.717, 1.165) is 53.4 Å². The third-order valence-electron chi connectivity index (χ3n) is 5.82. The summed E-state index contributed by atoms with van der Waals surface area (Å²) in [5, 5.41) is 0.593. The number of esters is 1. The maximum atomic E-state index is 12.5. The number of carbonyl (C=O) groups is 1. The number of carbonyl (C=O) groups excluding carboxylic acids is 1. The molecule has 8 heteroatoms. The molecule has 0 bridgehead atoms. The first-order chi connectivity index (χ1) is 17.2. The van der Waals surface area contributed by atoms with Gasteiger partial charge in [-0.15, -0.1) is 0 Å². The maximum Gasteiger partial charge on any atom is 0.338 e. The number of benzene rings is 3. The molecule has 0 heterocycles. The molecule has 188 valence electrons. The van der Waals surface area contributed by atoms with E-state index in [1.54, 1.807) is 25.1 Å². The van der Waals surface area contributed by atoms with Gasteiger partial charge in [0.25, 0.3) is 0 Å². The molecule has 0 aliphatic heterocycles. The number of hydrogen-bond donors (Lipinski definition) is 1. The van der Waals surface area contributed by atoms with Crippen molar-refractivity contribution in [2.45, 2.75) is 32.8 Å². The van der Waals surface area contributed by atoms with Crippen molar-refractivity contribution < 1.29 is 22.7 Å². The fourth-order valence-electron chi connectivity index (χ4n) is 4.37. The summed E-state index contributed by atoms with van der Waals surface area (Å²) < 4.78 is 37.7. The highest BCUT2D eigenvalue weighted by Gasteiger charge is 2.23. The van der Waals surface area contributed by atoms with Gasteiger partial charge in [-0.1, -0.05) is 41.9 Å². The van der Waals surface area contributed by atoms with Gasteiger partial charge in [-0.3, -0.25) is 4.72 Å². The Bertz CT molecular complexity index is 1400. The molecule has 3 aromatic rings. The maximum absolute atomic E-state index is 12.5. The van der Waals surface area contributed by atoms with Crippen molar-refractivity contribution >= 4 is 44.4 Å². The van der Waals surface area contributed by atoms with E-state index in [9.17, 15) is 13.2 Å². The Morgan fingerprint density at radius 3 is 2.47 bits per heavy atom. The first kappa shape index (κ1) is 25.8. The lowest BCUT2D eigenvalue weighted by Crippen LogP contribution is -2.12. The highest BCUT2D eigenvalue weighted by molar-refractivity contribution is 7.92. The standard InChI is InChI=1S/C28H28ClNO5S/c1-3-34-28(31)21-14-20(15-23(16-21)30-36(2,32)33)24-10-7-11-25(24)26-17-22(29)12-13-27(26)35-18-19-8-5-4-6-9-19/h4-6,8-9,12-17,30H,3,7,10-11,18H2,1-2H3. The van der Waals surface area contributed by atoms with Crippen molar-refractivity contribution in [3.63, 3.8) is 0 Å². The van der Waals surface area contributed by atoms with Crippen LogP contribution in [0, 0.1) is 0 Å². The fourth-order valence-corrected chi connectivity index (χ4v) is 5.08. The summed E-state index contributed by atoms with van der Waals surface area (Å²) in [7, 11) is -3.54. The van der Waals surface area contributed by atoms with Gasteiger partial charge in [0.15, 0.2) is 0 Å². The van der Waals surface area contributed by atoms with Crippen LogP contribution in [0.3, 0.4) is 0 Å². The van der Waals surface area contributed by atoms with Crippen LogP contribution in [0.5, 0.6) is 5.75 Å². The molecule has 0 aromatic heterocycles. The molecule has 36 heavy (non-hydrogen) atoms. The molecular weight excluding hydrogens is 498 g/mol. The number of nitrogens with one attached hydrogen (secondary N) is 1. The molecule has 1 aliphatic rings. The topological polar surface area (TPSA) is 81.7 Å². The summed E-state index contributed by atoms with van der Waals surface area (Å²) in [5.74, 6) is 0.208. The van der Waals surface area contributed by atoms with Crippen LogP contribution in [0.1, 0.15) is 53.2 Å². The van der Waals surface area contributed by atoms with Gasteiger partial charge in [0.1, 0.15) is 12.4 Å². The van der Waals surface area contributed by atoms with Crippen LogP contribution < -0.4 is 9.46 Å². The number of hydrogen-bond acceptors (Lipinski definition) is 5. The molecule has 3 aromatic carbocycles. The van der Waals surface area contributed by atoms with Gasteiger partial charge in [0, 0.05) is 16.3 Å². The highest BCUT2D eigenvalue weighted by atomic mass is 35.5. The molecule has 6 nitrogen and oxygen atoms in total. The predicted molar refractivity (Wildman–Crippen MR) is 144 cm³/mol. The van der Waals surface area contributed by atoms with Gasteiger partial charge >= 0.3 is 5.97 Å². The largest absolute Gasteiger partial charge is 0.488 e. The Kier molecular flexibility index (Phi) is 8.01. The summed E-state index contributed by atoms with van der Waals surface area (Å²) in [6.45, 7) is 2.36. The average molecular weight is 526 g/mol. The number of halogens is 1. The predicted octanol–water partition coefficient (Wildman–Crippen LogP) is 6.56. The minimum Gasteiger partial charge on any atom is -0.488 e. The summed E-state index contributed by atoms with van der Waals surface area (Å²) >= 11 is 6.39. The van der Waals surface area contributed by atoms with Crippen LogP contribution in [-0.4, -0.2) is 27.2 Å². The van der Waals surface area contributed by atoms with E-state index in [1.165, 1.54) is 6.07 Å². The highest BCUT2D eigenvalue weighted by Crippen LogP contribution is 2.44. The van der Waals surface area contributed by atoms with E-state index in [2.05, 4.69) is 4.72 Å². The van der Waals surface area contributed by atoms with Crippen LogP contribution in [0.2, 0.25) is 5.02 Å². The van der Waals surface area contributed by atoms with Crippen LogP contribution in [0.15, 0.2) is 66.7 Å². The molecule has 0 amide bonds. The molecule has 0 unspecified atom stereocenters. The molecule has 0 radical (unpaired) electrons. The lowest BCUT2D eigenvalue weighted by atomic mass is 9.95. The number of rotatable bonds is 9. The molecule has 4 rings (SSSR count). The minimum atomic E-state index is -3.54. The Balaban J connectivity index is 1.78. The normalized spacial score (nSPS) is 13.5. The van der Waals surface area contributed by atoms with E-state index in [-0.39, 0.29) is 12.2 Å². The van der Waals surface area contributed by atoms with Crippen molar-refractivity contribution in [3.05, 3.63) is 94.0 Å². The summed E-state index contributed by atoms with van der Waals surface area (Å²) in [6, 6.07) is 20.5. The molecule has 0 spiro atoms. The van der Waals surface area contributed by atoms with Crippen LogP contribution >= 0.6 is 11.6 Å². The summed E-state index contributed by atoms with van der Waals surface area (Å²) in [4.78, 5) is 12.5. The number of ether oxygens (including phenoxy) is 2. The Morgan fingerprint density at radius 2 is 1.75 bits per heavy atom. The lowest BCUT2D eigenvalue weighted by Gasteiger charge is -2.16. The molecule has 1 aliphatic carbocycles. The van der Waals surface area contributed by atoms with E-state index >= 15 is 0 Å². The molecular formula is C28H28ClNO5S. The second-order valence-corrected chi connectivity index (χ2v) is 10.8. The second kappa shape index (κ2) is 11.2. The average Bonchev–Trinajstić information content (AvgIpc) is 3.33. The molecule has 0 saturated carbocycles. The SMILES string of the molecule is CCOC(=O)c1cc(NS(C)(=O)=O)cc(C2=C(c3cc(Cl)ccc3OCc3ccccc3)CCC2)c1. The van der Waals surface area contributed by atoms with Gasteiger partial charge in [-0.05, 0) is 84.9 Å². The van der Waals surface area contributed by atoms with Crippen molar-refractivity contribution in [2.24, 2.45) is 0 Å². The van der Waals surface area contributed by atoms with Crippen molar-refractivity contribution in [2.75, 3.05) is 17.6 Å². The van der Waals surface area contributed by atoms with Gasteiger partial charge < -0.3 is 9.47 Å². The van der Waals surface area contributed by atoms with Crippen molar-refractivity contribution in [3.8, 4) is 5.75 Å². The van der Waals surface area contributed by atoms with E-state index in [0.29, 0.717) is 23.1 Å². The minimum absolute atomic E-state index is 0.219. The smallest absolute Gasteiger partial charge is 0.338 e. The zero-order valence-corrected chi connectivity index (χ0v) is 21.8. The quantitative estimate of drug-likeness (QED) is 0.320. The molecule has 0 saturated heterocycles. The third-order valence-corrected chi connectivity index (χ3v) is 6.66. The number of anilines is 1. The summed E-state index contributed by atoms with van der Waals surface area (Å²) in [5.41, 5.74) is 5.38. The monoisotopic (exact) mass is 525 g/mol. The Hall–Kier alpha value is -3.29. The van der Waals surface area contributed by atoms with Crippen LogP contribution in [-0.2, 0) is 21.4 Å². The zero-order chi connectivity index (χ0) is 25.7. The third kappa shape index (κ3) is 6.47. The van der Waals surface area contributed by atoms with Gasteiger partial charge in [-0.25, -0.2) is 13.2 Å². The fraction of sp³-hybridized carbons (Fsp3) is 0.250. The lowest BCUT2D eigenvalue weighted by molar-refractivity contribution is 0.0526. The van der Waals surface area contributed by atoms with Crippen molar-refractivity contribution in [1.82, 2.24) is 0 Å². The summed E-state index contributed by atoms with van der Waals surface area (Å²) in [6.07, 6.45) is 3.56. The van der Waals surface area contributed by atoms with E-state index in [4.69, 9.17) is 21.1 Å². The first-order valence-electron chi connectivity index (χ1n) is 11.7. The van der Waals surface area contributed by atoms with E-state index < -0.39 is 16.0 Å². The van der Waals surface area contributed by atoms with Gasteiger partial charge in [-0.2, -0.15) is 0 Å². The molecule has 1 N–H and O–H groups in total. The van der Waals surface area contributed by atoms with Crippen LogP contribution in [0.4, 0.5) is 5.69 Å². The van der Waals surface area contributed by atoms with Gasteiger partial charge in [0.05, 0.1) is 18.4 Å². The first-order valence-corrected chi connectivity index (χ1v) is 14.0. The number of sulfonamides is 1. The Morgan fingerprint density at radius 1 is 1.00 bits per heavy atom. The Labute approximate surface area is 217 Å². The second-order valence-electron chi connectivity index (χ2n) is 8.62. The van der Waals surface area contributed by atoms with Gasteiger partial charge in [0.2, 0.25) is 10.0 Å².